The SMILES string of the molecule is N#Cc1ccc2c(c1)c1cc(C(F)(F)F)ccc1n2-c1ccc2c(c1)-c1cc(-c3cccc(-c4cccc(-c5ccccc5)c4)c3)ccc1C2. The lowest BCUT2D eigenvalue weighted by atomic mass is 9.94. The predicted octanol–water partition coefficient (Wildman–Crippen LogP) is 12.2. The predicted molar refractivity (Wildman–Crippen MR) is 195 cm³/mol. The highest BCUT2D eigenvalue weighted by Crippen LogP contribution is 2.43. The molecule has 0 unspecified atom stereocenters. The van der Waals surface area contributed by atoms with Gasteiger partial charge in [-0.15, -0.1) is 0 Å². The molecular weight excluding hydrogens is 626 g/mol. The molecule has 2 nitrogen and oxygen atoms in total. The van der Waals surface area contributed by atoms with Crippen molar-refractivity contribution in [2.45, 2.75) is 12.6 Å². The number of alkyl halides is 3. The molecule has 1 heterocycles. The number of fused-ring (bicyclic) bond motifs is 6. The first-order chi connectivity index (χ1) is 24.3. The van der Waals surface area contributed by atoms with Crippen LogP contribution in [-0.4, -0.2) is 4.57 Å². The highest BCUT2D eigenvalue weighted by Gasteiger charge is 2.31. The fraction of sp³-hybridized carbons (Fsp3) is 0.0444. The number of benzene rings is 7. The Kier molecular flexibility index (Phi) is 6.76. The van der Waals surface area contributed by atoms with E-state index in [0.29, 0.717) is 21.9 Å². The number of hydrogen-bond acceptors (Lipinski definition) is 1. The molecule has 1 aliphatic carbocycles. The van der Waals surface area contributed by atoms with E-state index in [1.165, 1.54) is 34.4 Å². The minimum absolute atomic E-state index is 0.400. The van der Waals surface area contributed by atoms with Gasteiger partial charge in [-0.05, 0) is 129 Å². The van der Waals surface area contributed by atoms with Crippen LogP contribution in [0.25, 0.3) is 72.0 Å². The van der Waals surface area contributed by atoms with Crippen molar-refractivity contribution < 1.29 is 13.2 Å². The van der Waals surface area contributed by atoms with E-state index < -0.39 is 11.7 Å². The number of rotatable bonds is 4. The van der Waals surface area contributed by atoms with Gasteiger partial charge in [0, 0.05) is 16.5 Å². The normalized spacial score (nSPS) is 12.2. The molecular formula is C45H27F3N2. The maximum atomic E-state index is 13.8. The maximum absolute atomic E-state index is 13.8. The summed E-state index contributed by atoms with van der Waals surface area (Å²) in [6.07, 6.45) is -3.67. The van der Waals surface area contributed by atoms with Gasteiger partial charge < -0.3 is 4.57 Å². The van der Waals surface area contributed by atoms with Crippen molar-refractivity contribution in [3.63, 3.8) is 0 Å². The molecule has 0 amide bonds. The summed E-state index contributed by atoms with van der Waals surface area (Å²) in [7, 11) is 0. The third-order valence-corrected chi connectivity index (χ3v) is 9.85. The van der Waals surface area contributed by atoms with Gasteiger partial charge in [-0.1, -0.05) is 84.9 Å². The minimum atomic E-state index is -4.48. The molecule has 7 aromatic carbocycles. The van der Waals surface area contributed by atoms with E-state index in [0.717, 1.165) is 57.1 Å². The van der Waals surface area contributed by atoms with Crippen molar-refractivity contribution >= 4 is 21.8 Å². The number of nitrogens with zero attached hydrogens (tertiary/aromatic N) is 2. The third kappa shape index (κ3) is 4.96. The third-order valence-electron chi connectivity index (χ3n) is 9.85. The first-order valence-corrected chi connectivity index (χ1v) is 16.4. The highest BCUT2D eigenvalue weighted by molar-refractivity contribution is 6.10. The van der Waals surface area contributed by atoms with Crippen molar-refractivity contribution in [2.24, 2.45) is 0 Å². The van der Waals surface area contributed by atoms with Crippen LogP contribution in [0, 0.1) is 11.3 Å². The number of halogens is 3. The molecule has 0 radical (unpaired) electrons. The van der Waals surface area contributed by atoms with Gasteiger partial charge in [0.25, 0.3) is 0 Å². The molecule has 238 valence electrons. The molecule has 0 fully saturated rings. The fourth-order valence-electron chi connectivity index (χ4n) is 7.41. The topological polar surface area (TPSA) is 28.7 Å². The van der Waals surface area contributed by atoms with E-state index >= 15 is 0 Å². The summed E-state index contributed by atoms with van der Waals surface area (Å²) in [5.74, 6) is 0. The van der Waals surface area contributed by atoms with Crippen LogP contribution in [0.1, 0.15) is 22.3 Å². The number of aromatic nitrogens is 1. The Balaban J connectivity index is 1.13. The first-order valence-electron chi connectivity index (χ1n) is 16.4. The lowest BCUT2D eigenvalue weighted by Crippen LogP contribution is -2.04. The Labute approximate surface area is 286 Å². The fourth-order valence-corrected chi connectivity index (χ4v) is 7.41. The summed E-state index contributed by atoms with van der Waals surface area (Å²) in [5, 5.41) is 10.6. The molecule has 8 aromatic rings. The summed E-state index contributed by atoms with van der Waals surface area (Å²) < 4.78 is 43.3. The van der Waals surface area contributed by atoms with Crippen molar-refractivity contribution in [3.05, 3.63) is 174 Å². The van der Waals surface area contributed by atoms with Gasteiger partial charge in [0.05, 0.1) is 28.2 Å². The summed E-state index contributed by atoms with van der Waals surface area (Å²) >= 11 is 0. The van der Waals surface area contributed by atoms with E-state index in [1.54, 1.807) is 12.1 Å². The zero-order valence-electron chi connectivity index (χ0n) is 26.7. The van der Waals surface area contributed by atoms with Gasteiger partial charge in [0.2, 0.25) is 0 Å². The zero-order valence-corrected chi connectivity index (χ0v) is 26.7. The molecule has 0 spiro atoms. The molecule has 0 saturated carbocycles. The van der Waals surface area contributed by atoms with Crippen LogP contribution in [-0.2, 0) is 12.6 Å². The molecule has 0 saturated heterocycles. The second kappa shape index (κ2) is 11.4. The van der Waals surface area contributed by atoms with Crippen molar-refractivity contribution in [2.75, 3.05) is 0 Å². The lowest BCUT2D eigenvalue weighted by Gasteiger charge is -2.12. The van der Waals surface area contributed by atoms with Gasteiger partial charge in [-0.3, -0.25) is 0 Å². The molecule has 5 heteroatoms. The smallest absolute Gasteiger partial charge is 0.309 e. The quantitative estimate of drug-likeness (QED) is 0.186. The van der Waals surface area contributed by atoms with Gasteiger partial charge in [0.15, 0.2) is 0 Å². The summed E-state index contributed by atoms with van der Waals surface area (Å²) in [5.41, 5.74) is 13.5. The maximum Gasteiger partial charge on any atom is 0.416 e. The van der Waals surface area contributed by atoms with E-state index in [2.05, 4.69) is 109 Å². The Hall–Kier alpha value is -6.38. The summed E-state index contributed by atoms with van der Waals surface area (Å²) in [6, 6.07) is 51.8. The van der Waals surface area contributed by atoms with Crippen LogP contribution >= 0.6 is 0 Å². The molecule has 0 aliphatic heterocycles. The van der Waals surface area contributed by atoms with Gasteiger partial charge in [-0.2, -0.15) is 18.4 Å². The first kappa shape index (κ1) is 29.7. The molecule has 1 aliphatic rings. The standard InChI is InChI=1S/C45H27F3N2/c46-45(47,48)37-16-19-44-42(25-37)41-20-28(27-49)12-18-43(41)50(44)38-17-15-36-23-35-14-13-34(24-39(35)40(36)26-38)33-11-5-10-32(22-33)31-9-4-8-30(21-31)29-6-2-1-3-7-29/h1-22,24-26H,23H2. The molecule has 1 aromatic heterocycles. The van der Waals surface area contributed by atoms with Crippen LogP contribution < -0.4 is 0 Å². The van der Waals surface area contributed by atoms with Crippen LogP contribution in [0.2, 0.25) is 0 Å². The van der Waals surface area contributed by atoms with Gasteiger partial charge in [-0.25, -0.2) is 0 Å². The number of nitriles is 1. The molecule has 0 atom stereocenters. The van der Waals surface area contributed by atoms with E-state index in [-0.39, 0.29) is 0 Å². The highest BCUT2D eigenvalue weighted by atomic mass is 19.4. The van der Waals surface area contributed by atoms with Crippen LogP contribution in [0.3, 0.4) is 0 Å². The lowest BCUT2D eigenvalue weighted by molar-refractivity contribution is -0.137. The van der Waals surface area contributed by atoms with Crippen LogP contribution in [0.15, 0.2) is 152 Å². The van der Waals surface area contributed by atoms with E-state index in [4.69, 9.17) is 0 Å². The second-order valence-electron chi connectivity index (χ2n) is 12.8. The summed E-state index contributed by atoms with van der Waals surface area (Å²) in [6.45, 7) is 0. The van der Waals surface area contributed by atoms with Crippen molar-refractivity contribution in [1.29, 1.82) is 5.26 Å². The molecule has 9 rings (SSSR count). The Morgan fingerprint density at radius 1 is 0.500 bits per heavy atom. The van der Waals surface area contributed by atoms with Crippen LogP contribution in [0.4, 0.5) is 13.2 Å². The monoisotopic (exact) mass is 652 g/mol. The van der Waals surface area contributed by atoms with Gasteiger partial charge >= 0.3 is 6.18 Å². The molecule has 50 heavy (non-hydrogen) atoms. The average molecular weight is 653 g/mol. The van der Waals surface area contributed by atoms with Gasteiger partial charge in [0.1, 0.15) is 0 Å². The largest absolute Gasteiger partial charge is 0.416 e. The molecule has 0 N–H and O–H groups in total. The Morgan fingerprint density at radius 2 is 1.06 bits per heavy atom. The summed E-state index contributed by atoms with van der Waals surface area (Å²) in [4.78, 5) is 0. The minimum Gasteiger partial charge on any atom is -0.309 e. The van der Waals surface area contributed by atoms with Crippen molar-refractivity contribution in [1.82, 2.24) is 4.57 Å². The van der Waals surface area contributed by atoms with E-state index in [9.17, 15) is 18.4 Å². The number of hydrogen-bond donors (Lipinski definition) is 0. The second-order valence-corrected chi connectivity index (χ2v) is 12.8. The average Bonchev–Trinajstić information content (AvgIpc) is 3.69. The zero-order chi connectivity index (χ0) is 34.0. The van der Waals surface area contributed by atoms with Crippen LogP contribution in [0.5, 0.6) is 0 Å². The van der Waals surface area contributed by atoms with E-state index in [1.807, 2.05) is 22.8 Å². The van der Waals surface area contributed by atoms with Crippen molar-refractivity contribution in [3.8, 4) is 56.3 Å². The Bertz CT molecular complexity index is 2680. The Morgan fingerprint density at radius 3 is 1.72 bits per heavy atom. The molecule has 0 bridgehead atoms.